The molecular weight excluding hydrogens is 418 g/mol. The lowest BCUT2D eigenvalue weighted by Gasteiger charge is -2.24. The molecule has 1 aliphatic rings. The minimum absolute atomic E-state index is 0.0579. The molecule has 1 aliphatic heterocycles. The van der Waals surface area contributed by atoms with E-state index in [9.17, 15) is 14.4 Å². The van der Waals surface area contributed by atoms with Crippen molar-refractivity contribution < 1.29 is 9.59 Å². The fourth-order valence-electron chi connectivity index (χ4n) is 4.27. The van der Waals surface area contributed by atoms with Crippen LogP contribution in [0.5, 0.6) is 0 Å². The van der Waals surface area contributed by atoms with Gasteiger partial charge in [0.25, 0.3) is 11.5 Å². The smallest absolute Gasteiger partial charge is 0.274 e. The van der Waals surface area contributed by atoms with Gasteiger partial charge in [-0.05, 0) is 36.1 Å². The van der Waals surface area contributed by atoms with Gasteiger partial charge in [-0.1, -0.05) is 37.3 Å². The monoisotopic (exact) mass is 445 g/mol. The van der Waals surface area contributed by atoms with E-state index >= 15 is 0 Å². The number of hydrogen-bond donors (Lipinski definition) is 1. The SMILES string of the molecule is CCCN1CCN(C(=O)c2ccc(=O)[nH]n2)C[C@@H](Cc2ccccc2-c2cccnc2)C1=O. The second-order valence-electron chi connectivity index (χ2n) is 8.18. The van der Waals surface area contributed by atoms with Crippen LogP contribution < -0.4 is 5.56 Å². The topological polar surface area (TPSA) is 99.3 Å². The van der Waals surface area contributed by atoms with E-state index in [4.69, 9.17) is 0 Å². The van der Waals surface area contributed by atoms with E-state index in [1.807, 2.05) is 54.4 Å². The first kappa shape index (κ1) is 22.4. The Labute approximate surface area is 192 Å². The zero-order chi connectivity index (χ0) is 23.2. The normalized spacial score (nSPS) is 16.5. The van der Waals surface area contributed by atoms with Crippen LogP contribution in [0.3, 0.4) is 0 Å². The van der Waals surface area contributed by atoms with Crippen molar-refractivity contribution in [3.63, 3.8) is 0 Å². The van der Waals surface area contributed by atoms with E-state index in [1.165, 1.54) is 12.1 Å². The Bertz CT molecular complexity index is 1160. The number of pyridine rings is 1. The highest BCUT2D eigenvalue weighted by atomic mass is 16.2. The maximum atomic E-state index is 13.4. The predicted octanol–water partition coefficient (Wildman–Crippen LogP) is 2.39. The number of nitrogens with zero attached hydrogens (tertiary/aromatic N) is 4. The van der Waals surface area contributed by atoms with Crippen LogP contribution in [0.1, 0.15) is 29.4 Å². The van der Waals surface area contributed by atoms with Crippen molar-refractivity contribution >= 4 is 11.8 Å². The summed E-state index contributed by atoms with van der Waals surface area (Å²) in [5.41, 5.74) is 2.86. The van der Waals surface area contributed by atoms with Crippen LogP contribution in [0.15, 0.2) is 65.7 Å². The van der Waals surface area contributed by atoms with Gasteiger partial charge in [-0.25, -0.2) is 5.10 Å². The number of nitrogens with one attached hydrogen (secondary N) is 1. The Hall–Kier alpha value is -3.81. The molecule has 0 bridgehead atoms. The lowest BCUT2D eigenvalue weighted by atomic mass is 9.91. The zero-order valence-corrected chi connectivity index (χ0v) is 18.6. The summed E-state index contributed by atoms with van der Waals surface area (Å²) in [5.74, 6) is -0.617. The molecular formula is C25H27N5O3. The molecule has 8 nitrogen and oxygen atoms in total. The van der Waals surface area contributed by atoms with E-state index in [0.29, 0.717) is 32.6 Å². The van der Waals surface area contributed by atoms with Crippen molar-refractivity contribution in [2.75, 3.05) is 26.2 Å². The third kappa shape index (κ3) is 5.16. The van der Waals surface area contributed by atoms with Gasteiger partial charge in [0, 0.05) is 50.2 Å². The summed E-state index contributed by atoms with van der Waals surface area (Å²) in [6.07, 6.45) is 4.90. The molecule has 170 valence electrons. The second-order valence-corrected chi connectivity index (χ2v) is 8.18. The van der Waals surface area contributed by atoms with Crippen LogP contribution in [0.4, 0.5) is 0 Å². The number of carbonyl (C=O) groups is 2. The highest BCUT2D eigenvalue weighted by Gasteiger charge is 2.33. The quantitative estimate of drug-likeness (QED) is 0.628. The van der Waals surface area contributed by atoms with Crippen molar-refractivity contribution in [2.45, 2.75) is 19.8 Å². The number of aromatic nitrogens is 3. The average molecular weight is 446 g/mol. The summed E-state index contributed by atoms with van der Waals surface area (Å²) >= 11 is 0. The molecule has 2 amide bonds. The first-order valence-corrected chi connectivity index (χ1v) is 11.2. The summed E-state index contributed by atoms with van der Waals surface area (Å²) in [6, 6.07) is 14.6. The largest absolute Gasteiger partial charge is 0.341 e. The van der Waals surface area contributed by atoms with Gasteiger partial charge < -0.3 is 9.80 Å². The highest BCUT2D eigenvalue weighted by molar-refractivity contribution is 5.93. The van der Waals surface area contributed by atoms with Crippen molar-refractivity contribution in [3.05, 3.63) is 82.5 Å². The molecule has 0 saturated carbocycles. The fourth-order valence-corrected chi connectivity index (χ4v) is 4.27. The molecule has 3 aromatic rings. The second kappa shape index (κ2) is 10.2. The molecule has 0 spiro atoms. The van der Waals surface area contributed by atoms with Crippen molar-refractivity contribution in [3.8, 4) is 11.1 Å². The van der Waals surface area contributed by atoms with Gasteiger partial charge in [0.2, 0.25) is 5.91 Å². The number of aromatic amines is 1. The summed E-state index contributed by atoms with van der Waals surface area (Å²) in [5, 5.41) is 6.20. The molecule has 1 saturated heterocycles. The van der Waals surface area contributed by atoms with E-state index in [1.54, 1.807) is 11.1 Å². The number of benzene rings is 1. The minimum Gasteiger partial charge on any atom is -0.341 e. The Balaban J connectivity index is 1.63. The van der Waals surface area contributed by atoms with Gasteiger partial charge in [-0.3, -0.25) is 19.4 Å². The van der Waals surface area contributed by atoms with Gasteiger partial charge >= 0.3 is 0 Å². The number of amides is 2. The Morgan fingerprint density at radius 2 is 1.94 bits per heavy atom. The van der Waals surface area contributed by atoms with Crippen LogP contribution in [0.2, 0.25) is 0 Å². The molecule has 33 heavy (non-hydrogen) atoms. The third-order valence-electron chi connectivity index (χ3n) is 5.88. The molecule has 2 aromatic heterocycles. The molecule has 4 rings (SSSR count). The highest BCUT2D eigenvalue weighted by Crippen LogP contribution is 2.27. The van der Waals surface area contributed by atoms with Gasteiger partial charge in [-0.15, -0.1) is 0 Å². The number of H-pyrrole nitrogens is 1. The Morgan fingerprint density at radius 1 is 1.09 bits per heavy atom. The molecule has 1 aromatic carbocycles. The average Bonchev–Trinajstić information content (AvgIpc) is 2.99. The first-order chi connectivity index (χ1) is 16.1. The third-order valence-corrected chi connectivity index (χ3v) is 5.88. The van der Waals surface area contributed by atoms with E-state index in [-0.39, 0.29) is 29.0 Å². The fraction of sp³-hybridized carbons (Fsp3) is 0.320. The van der Waals surface area contributed by atoms with Crippen molar-refractivity contribution in [1.82, 2.24) is 25.0 Å². The predicted molar refractivity (Wildman–Crippen MR) is 124 cm³/mol. The van der Waals surface area contributed by atoms with Crippen molar-refractivity contribution in [1.29, 1.82) is 0 Å². The van der Waals surface area contributed by atoms with Gasteiger partial charge in [0.05, 0.1) is 5.92 Å². The molecule has 0 aliphatic carbocycles. The lowest BCUT2D eigenvalue weighted by Crippen LogP contribution is -2.38. The number of rotatable bonds is 6. The molecule has 8 heteroatoms. The van der Waals surface area contributed by atoms with Crippen LogP contribution in [0, 0.1) is 5.92 Å². The van der Waals surface area contributed by atoms with E-state index in [2.05, 4.69) is 15.2 Å². The molecule has 3 heterocycles. The van der Waals surface area contributed by atoms with E-state index in [0.717, 1.165) is 23.1 Å². The maximum Gasteiger partial charge on any atom is 0.274 e. The molecule has 1 fully saturated rings. The lowest BCUT2D eigenvalue weighted by molar-refractivity contribution is -0.134. The minimum atomic E-state index is -0.386. The van der Waals surface area contributed by atoms with Crippen LogP contribution in [0.25, 0.3) is 11.1 Å². The number of carbonyl (C=O) groups excluding carboxylic acids is 2. The molecule has 1 N–H and O–H groups in total. The summed E-state index contributed by atoms with van der Waals surface area (Å²) < 4.78 is 0. The van der Waals surface area contributed by atoms with E-state index < -0.39 is 0 Å². The molecule has 1 atom stereocenters. The van der Waals surface area contributed by atoms with Gasteiger partial charge in [0.15, 0.2) is 0 Å². The van der Waals surface area contributed by atoms with Crippen LogP contribution in [-0.2, 0) is 11.2 Å². The summed E-state index contributed by atoms with van der Waals surface area (Å²) in [6.45, 7) is 3.88. The Morgan fingerprint density at radius 3 is 2.67 bits per heavy atom. The van der Waals surface area contributed by atoms with Crippen LogP contribution >= 0.6 is 0 Å². The molecule has 0 unspecified atom stereocenters. The standard InChI is InChI=1S/C25H27N5O3/c1-2-12-29-13-14-30(25(33)22-9-10-23(31)28-27-22)17-20(24(29)32)15-18-6-3-4-8-21(18)19-7-5-11-26-16-19/h3-11,16,20H,2,12-15,17H2,1H3,(H,28,31)/t20-/m1/s1. The summed E-state index contributed by atoms with van der Waals surface area (Å²) in [4.78, 5) is 45.7. The zero-order valence-electron chi connectivity index (χ0n) is 18.6. The first-order valence-electron chi connectivity index (χ1n) is 11.2. The molecule has 0 radical (unpaired) electrons. The maximum absolute atomic E-state index is 13.4. The van der Waals surface area contributed by atoms with Gasteiger partial charge in [-0.2, -0.15) is 5.10 Å². The van der Waals surface area contributed by atoms with Gasteiger partial charge in [0.1, 0.15) is 5.69 Å². The van der Waals surface area contributed by atoms with Crippen LogP contribution in [-0.4, -0.2) is 63.0 Å². The van der Waals surface area contributed by atoms with Crippen molar-refractivity contribution in [2.24, 2.45) is 5.92 Å². The number of hydrogen-bond acceptors (Lipinski definition) is 5. The summed E-state index contributed by atoms with van der Waals surface area (Å²) in [7, 11) is 0. The Kier molecular flexibility index (Phi) is 6.92.